The summed E-state index contributed by atoms with van der Waals surface area (Å²) >= 11 is 5.88. The van der Waals surface area contributed by atoms with Gasteiger partial charge in [0.05, 0.1) is 6.10 Å². The van der Waals surface area contributed by atoms with Crippen LogP contribution in [0.5, 0.6) is 0 Å². The van der Waals surface area contributed by atoms with Gasteiger partial charge in [-0.15, -0.1) is 0 Å². The molecule has 1 aromatic carbocycles. The first-order valence-corrected chi connectivity index (χ1v) is 5.50. The van der Waals surface area contributed by atoms with E-state index in [1.54, 1.807) is 7.11 Å². The lowest BCUT2D eigenvalue weighted by Gasteiger charge is -2.12. The van der Waals surface area contributed by atoms with Crippen LogP contribution in [-0.4, -0.2) is 19.8 Å². The molecule has 1 rings (SSSR count). The molecular weight excluding hydrogens is 210 g/mol. The minimum atomic E-state index is 0.248. The average molecular weight is 228 g/mol. The fourth-order valence-corrected chi connectivity index (χ4v) is 1.58. The summed E-state index contributed by atoms with van der Waals surface area (Å²) in [5, 5.41) is 4.14. The number of nitrogens with one attached hydrogen (secondary N) is 1. The molecule has 3 heteroatoms. The summed E-state index contributed by atoms with van der Waals surface area (Å²) in [6, 6.07) is 5.96. The van der Waals surface area contributed by atoms with Crippen LogP contribution in [0.3, 0.4) is 0 Å². The van der Waals surface area contributed by atoms with Crippen LogP contribution in [-0.2, 0) is 11.3 Å². The van der Waals surface area contributed by atoms with E-state index in [2.05, 4.69) is 18.3 Å². The third-order valence-corrected chi connectivity index (χ3v) is 2.69. The molecule has 15 heavy (non-hydrogen) atoms. The van der Waals surface area contributed by atoms with E-state index in [1.165, 1.54) is 11.1 Å². The normalized spacial score (nSPS) is 12.8. The third-order valence-electron chi connectivity index (χ3n) is 2.45. The molecule has 1 atom stereocenters. The molecule has 0 saturated carbocycles. The second kappa shape index (κ2) is 6.11. The Balaban J connectivity index is 2.44. The lowest BCUT2D eigenvalue weighted by molar-refractivity contribution is 0.117. The highest BCUT2D eigenvalue weighted by atomic mass is 35.5. The molecule has 0 fully saturated rings. The van der Waals surface area contributed by atoms with Crippen LogP contribution < -0.4 is 5.32 Å². The summed E-state index contributed by atoms with van der Waals surface area (Å²) in [7, 11) is 1.72. The molecular formula is C12H18ClNO. The van der Waals surface area contributed by atoms with Crippen LogP contribution in [0.15, 0.2) is 18.2 Å². The number of aryl methyl sites for hydroxylation is 1. The van der Waals surface area contributed by atoms with E-state index >= 15 is 0 Å². The van der Waals surface area contributed by atoms with Crippen LogP contribution >= 0.6 is 11.6 Å². The van der Waals surface area contributed by atoms with Crippen molar-refractivity contribution >= 4 is 11.6 Å². The smallest absolute Gasteiger partial charge is 0.0667 e. The highest BCUT2D eigenvalue weighted by Crippen LogP contribution is 2.14. The zero-order chi connectivity index (χ0) is 11.3. The van der Waals surface area contributed by atoms with Crippen LogP contribution in [0, 0.1) is 6.92 Å². The fraction of sp³-hybridized carbons (Fsp3) is 0.500. The van der Waals surface area contributed by atoms with Crippen molar-refractivity contribution in [3.63, 3.8) is 0 Å². The molecule has 0 aliphatic carbocycles. The molecule has 0 aliphatic rings. The maximum atomic E-state index is 5.88. The van der Waals surface area contributed by atoms with Crippen molar-refractivity contribution in [1.82, 2.24) is 5.32 Å². The molecule has 2 nitrogen and oxygen atoms in total. The predicted molar refractivity (Wildman–Crippen MR) is 64.4 cm³/mol. The maximum Gasteiger partial charge on any atom is 0.0667 e. The van der Waals surface area contributed by atoms with E-state index in [-0.39, 0.29) is 6.10 Å². The zero-order valence-electron chi connectivity index (χ0n) is 9.51. The first-order chi connectivity index (χ1) is 7.13. The Labute approximate surface area is 96.6 Å². The summed E-state index contributed by atoms with van der Waals surface area (Å²) in [5.41, 5.74) is 2.50. The molecule has 0 radical (unpaired) electrons. The monoisotopic (exact) mass is 227 g/mol. The van der Waals surface area contributed by atoms with Gasteiger partial charge in [-0.25, -0.2) is 0 Å². The molecule has 0 amide bonds. The second-order valence-corrected chi connectivity index (χ2v) is 4.18. The van der Waals surface area contributed by atoms with E-state index in [1.807, 2.05) is 19.1 Å². The van der Waals surface area contributed by atoms with Crippen molar-refractivity contribution in [2.75, 3.05) is 13.7 Å². The minimum absolute atomic E-state index is 0.248. The van der Waals surface area contributed by atoms with Gasteiger partial charge in [0, 0.05) is 25.2 Å². The van der Waals surface area contributed by atoms with Gasteiger partial charge in [0.2, 0.25) is 0 Å². The largest absolute Gasteiger partial charge is 0.380 e. The molecule has 0 aliphatic heterocycles. The number of hydrogen-bond donors (Lipinski definition) is 1. The van der Waals surface area contributed by atoms with E-state index in [9.17, 15) is 0 Å². The van der Waals surface area contributed by atoms with Gasteiger partial charge < -0.3 is 10.1 Å². The Morgan fingerprint density at radius 2 is 2.20 bits per heavy atom. The summed E-state index contributed by atoms with van der Waals surface area (Å²) < 4.78 is 5.15. The molecule has 0 saturated heterocycles. The quantitative estimate of drug-likeness (QED) is 0.835. The number of benzene rings is 1. The van der Waals surface area contributed by atoms with Gasteiger partial charge in [0.1, 0.15) is 0 Å². The van der Waals surface area contributed by atoms with Gasteiger partial charge >= 0.3 is 0 Å². The first kappa shape index (κ1) is 12.5. The number of rotatable bonds is 5. The molecule has 1 aromatic rings. The lowest BCUT2D eigenvalue weighted by atomic mass is 10.1. The van der Waals surface area contributed by atoms with Gasteiger partial charge in [-0.3, -0.25) is 0 Å². The fourth-order valence-electron chi connectivity index (χ4n) is 1.35. The van der Waals surface area contributed by atoms with Crippen molar-refractivity contribution in [1.29, 1.82) is 0 Å². The summed E-state index contributed by atoms with van der Waals surface area (Å²) in [6.45, 7) is 5.83. The van der Waals surface area contributed by atoms with Crippen molar-refractivity contribution in [2.24, 2.45) is 0 Å². The highest BCUT2D eigenvalue weighted by molar-refractivity contribution is 6.30. The van der Waals surface area contributed by atoms with Crippen molar-refractivity contribution in [3.05, 3.63) is 34.3 Å². The van der Waals surface area contributed by atoms with Gasteiger partial charge in [0.15, 0.2) is 0 Å². The number of hydrogen-bond acceptors (Lipinski definition) is 2. The van der Waals surface area contributed by atoms with Gasteiger partial charge in [-0.05, 0) is 37.1 Å². The van der Waals surface area contributed by atoms with Gasteiger partial charge in [-0.2, -0.15) is 0 Å². The van der Waals surface area contributed by atoms with E-state index < -0.39 is 0 Å². The molecule has 0 spiro atoms. The SMILES string of the molecule is COC(C)CNCc1ccc(Cl)cc1C. The van der Waals surface area contributed by atoms with E-state index in [0.29, 0.717) is 0 Å². The molecule has 0 aromatic heterocycles. The Bertz CT molecular complexity index is 314. The van der Waals surface area contributed by atoms with Crippen molar-refractivity contribution in [2.45, 2.75) is 26.5 Å². The van der Waals surface area contributed by atoms with Crippen molar-refractivity contribution < 1.29 is 4.74 Å². The number of halogens is 1. The summed E-state index contributed by atoms with van der Waals surface area (Å²) in [4.78, 5) is 0. The molecule has 84 valence electrons. The van der Waals surface area contributed by atoms with Crippen LogP contribution in [0.4, 0.5) is 0 Å². The number of ether oxygens (including phenoxy) is 1. The Kier molecular flexibility index (Phi) is 5.09. The zero-order valence-corrected chi connectivity index (χ0v) is 10.3. The second-order valence-electron chi connectivity index (χ2n) is 3.75. The predicted octanol–water partition coefficient (Wildman–Crippen LogP) is 2.77. The average Bonchev–Trinajstić information content (AvgIpc) is 2.21. The van der Waals surface area contributed by atoms with Crippen LogP contribution in [0.2, 0.25) is 5.02 Å². The first-order valence-electron chi connectivity index (χ1n) is 5.12. The van der Waals surface area contributed by atoms with E-state index in [4.69, 9.17) is 16.3 Å². The lowest BCUT2D eigenvalue weighted by Crippen LogP contribution is -2.25. The summed E-state index contributed by atoms with van der Waals surface area (Å²) in [6.07, 6.45) is 0.248. The highest BCUT2D eigenvalue weighted by Gasteiger charge is 2.01. The standard InChI is InChI=1S/C12H18ClNO/c1-9-6-12(13)5-4-11(9)8-14-7-10(2)15-3/h4-6,10,14H,7-8H2,1-3H3. The Hall–Kier alpha value is -0.570. The molecule has 0 heterocycles. The van der Waals surface area contributed by atoms with Crippen LogP contribution in [0.25, 0.3) is 0 Å². The van der Waals surface area contributed by atoms with Gasteiger partial charge in [0.25, 0.3) is 0 Å². The molecule has 1 unspecified atom stereocenters. The maximum absolute atomic E-state index is 5.88. The molecule has 0 bridgehead atoms. The van der Waals surface area contributed by atoms with Gasteiger partial charge in [-0.1, -0.05) is 17.7 Å². The van der Waals surface area contributed by atoms with Crippen molar-refractivity contribution in [3.8, 4) is 0 Å². The minimum Gasteiger partial charge on any atom is -0.380 e. The topological polar surface area (TPSA) is 21.3 Å². The Morgan fingerprint density at radius 1 is 1.47 bits per heavy atom. The molecule has 1 N–H and O–H groups in total. The third kappa shape index (κ3) is 4.20. The Morgan fingerprint density at radius 3 is 2.80 bits per heavy atom. The van der Waals surface area contributed by atoms with E-state index in [0.717, 1.165) is 18.1 Å². The summed E-state index contributed by atoms with van der Waals surface area (Å²) in [5.74, 6) is 0. The number of methoxy groups -OCH3 is 1. The van der Waals surface area contributed by atoms with Crippen LogP contribution in [0.1, 0.15) is 18.1 Å².